The van der Waals surface area contributed by atoms with Crippen molar-refractivity contribution < 1.29 is 13.2 Å². The van der Waals surface area contributed by atoms with Crippen LogP contribution in [0.4, 0.5) is 5.95 Å². The van der Waals surface area contributed by atoms with Gasteiger partial charge in [-0.1, -0.05) is 11.6 Å². The molecular weight excluding hydrogens is 412 g/mol. The molecule has 2 saturated carbocycles. The highest BCUT2D eigenvalue weighted by molar-refractivity contribution is 7.93. The van der Waals surface area contributed by atoms with Crippen LogP contribution in [0, 0.1) is 6.92 Å². The fourth-order valence-electron chi connectivity index (χ4n) is 3.48. The van der Waals surface area contributed by atoms with E-state index in [4.69, 9.17) is 16.3 Å². The molecule has 1 aromatic carbocycles. The Balaban J connectivity index is 1.45. The number of hydrogen-bond donors (Lipinski definition) is 1. The molecule has 2 fully saturated rings. The second-order valence-corrected chi connectivity index (χ2v) is 10.3. The predicted molar refractivity (Wildman–Crippen MR) is 111 cm³/mol. The van der Waals surface area contributed by atoms with E-state index in [0.717, 1.165) is 35.3 Å². The second-order valence-electron chi connectivity index (χ2n) is 7.88. The maximum absolute atomic E-state index is 12.3. The Morgan fingerprint density at radius 1 is 1.17 bits per heavy atom. The zero-order valence-corrected chi connectivity index (χ0v) is 17.5. The van der Waals surface area contributed by atoms with Crippen LogP contribution >= 0.6 is 11.6 Å². The van der Waals surface area contributed by atoms with E-state index in [1.54, 1.807) is 10.5 Å². The first-order valence-corrected chi connectivity index (χ1v) is 11.6. The summed E-state index contributed by atoms with van der Waals surface area (Å²) in [5.41, 5.74) is 3.80. The zero-order chi connectivity index (χ0) is 20.2. The smallest absolute Gasteiger partial charge is 0.242 e. The molecule has 0 bridgehead atoms. The third kappa shape index (κ3) is 3.91. The number of benzene rings is 1. The maximum Gasteiger partial charge on any atom is 0.242 e. The van der Waals surface area contributed by atoms with Crippen LogP contribution in [0.15, 0.2) is 30.5 Å². The van der Waals surface area contributed by atoms with Crippen molar-refractivity contribution in [1.82, 2.24) is 14.6 Å². The first kappa shape index (κ1) is 18.7. The summed E-state index contributed by atoms with van der Waals surface area (Å²) in [5, 5.41) is 8.54. The number of nitrogens with one attached hydrogen (secondary N) is 1. The summed E-state index contributed by atoms with van der Waals surface area (Å²) in [5.74, 6) is 1.41. The number of rotatable bonds is 7. The van der Waals surface area contributed by atoms with Crippen molar-refractivity contribution >= 4 is 33.2 Å². The molecule has 0 atom stereocenters. The van der Waals surface area contributed by atoms with Gasteiger partial charge in [-0.15, -0.1) is 10.2 Å². The van der Waals surface area contributed by atoms with Crippen molar-refractivity contribution in [2.75, 3.05) is 4.72 Å². The number of anilines is 1. The van der Waals surface area contributed by atoms with Crippen LogP contribution < -0.4 is 9.46 Å². The van der Waals surface area contributed by atoms with Gasteiger partial charge in [0, 0.05) is 11.2 Å². The lowest BCUT2D eigenvalue weighted by atomic mass is 10.1. The molecule has 5 rings (SSSR count). The van der Waals surface area contributed by atoms with Crippen molar-refractivity contribution in [1.29, 1.82) is 0 Å². The highest BCUT2D eigenvalue weighted by Gasteiger charge is 2.36. The van der Waals surface area contributed by atoms with Gasteiger partial charge in [0.25, 0.3) is 0 Å². The van der Waals surface area contributed by atoms with E-state index in [9.17, 15) is 8.42 Å². The molecule has 0 radical (unpaired) electrons. The predicted octanol–water partition coefficient (Wildman–Crippen LogP) is 4.05. The van der Waals surface area contributed by atoms with Gasteiger partial charge in [0.1, 0.15) is 12.4 Å². The summed E-state index contributed by atoms with van der Waals surface area (Å²) < 4.78 is 34.9. The Morgan fingerprint density at radius 2 is 1.97 bits per heavy atom. The molecule has 1 N–H and O–H groups in total. The molecule has 0 saturated heterocycles. The number of hydrogen-bond acceptors (Lipinski definition) is 5. The van der Waals surface area contributed by atoms with E-state index in [0.29, 0.717) is 36.0 Å². The lowest BCUT2D eigenvalue weighted by Crippen LogP contribution is -2.19. The minimum atomic E-state index is -3.39. The first-order chi connectivity index (χ1) is 13.9. The summed E-state index contributed by atoms with van der Waals surface area (Å²) in [6.45, 7) is 2.36. The summed E-state index contributed by atoms with van der Waals surface area (Å²) >= 11 is 6.13. The number of fused-ring (bicyclic) bond motifs is 1. The highest BCUT2D eigenvalue weighted by atomic mass is 35.5. The molecule has 0 aliphatic heterocycles. The van der Waals surface area contributed by atoms with Crippen molar-refractivity contribution in [3.05, 3.63) is 52.2 Å². The summed E-state index contributed by atoms with van der Waals surface area (Å²) in [6.07, 6.45) is 5.56. The number of pyridine rings is 1. The van der Waals surface area contributed by atoms with Crippen molar-refractivity contribution in [2.24, 2.45) is 0 Å². The molecule has 7 nitrogen and oxygen atoms in total. The molecule has 9 heteroatoms. The fourth-order valence-corrected chi connectivity index (χ4v) is 5.08. The molecule has 0 spiro atoms. The van der Waals surface area contributed by atoms with Crippen molar-refractivity contribution in [2.45, 2.75) is 50.4 Å². The monoisotopic (exact) mass is 432 g/mol. The molecule has 0 unspecified atom stereocenters. The lowest BCUT2D eigenvalue weighted by molar-refractivity contribution is 0.304. The van der Waals surface area contributed by atoms with Gasteiger partial charge in [0.2, 0.25) is 16.0 Å². The molecule has 2 aliphatic carbocycles. The van der Waals surface area contributed by atoms with Crippen LogP contribution in [0.1, 0.15) is 48.3 Å². The SMILES string of the molecule is Cc1cc(Cl)cc(OCc2cc3nnc(NS(=O)(=O)C4CC4)n3cc2C2CC2)c1. The van der Waals surface area contributed by atoms with Crippen LogP contribution in [0.2, 0.25) is 5.02 Å². The standard InChI is InChI=1S/C20H21ClN4O3S/c1-12-6-15(21)9-16(7-12)28-11-14-8-19-22-23-20(24-29(26,27)17-4-5-17)25(19)10-18(14)13-2-3-13/h6-10,13,17H,2-5,11H2,1H3,(H,23,24). The van der Waals surface area contributed by atoms with Gasteiger partial charge in [-0.2, -0.15) is 0 Å². The summed E-state index contributed by atoms with van der Waals surface area (Å²) in [7, 11) is -3.39. The average molecular weight is 433 g/mol. The normalized spacial score (nSPS) is 16.9. The molecule has 152 valence electrons. The van der Waals surface area contributed by atoms with Crippen LogP contribution in [0.25, 0.3) is 5.65 Å². The molecule has 29 heavy (non-hydrogen) atoms. The third-order valence-electron chi connectivity index (χ3n) is 5.29. The number of aromatic nitrogens is 3. The molecular formula is C20H21ClN4O3S. The average Bonchev–Trinajstić information content (AvgIpc) is 3.56. The molecule has 2 aromatic heterocycles. The van der Waals surface area contributed by atoms with Gasteiger partial charge < -0.3 is 4.74 Å². The van der Waals surface area contributed by atoms with E-state index in [1.807, 2.05) is 31.3 Å². The van der Waals surface area contributed by atoms with Gasteiger partial charge in [-0.25, -0.2) is 8.42 Å². The molecule has 0 amide bonds. The van der Waals surface area contributed by atoms with Gasteiger partial charge in [0.05, 0.1) is 5.25 Å². The topological polar surface area (TPSA) is 85.6 Å². The van der Waals surface area contributed by atoms with Crippen LogP contribution in [-0.4, -0.2) is 28.3 Å². The van der Waals surface area contributed by atoms with Gasteiger partial charge in [0.15, 0.2) is 5.65 Å². The third-order valence-corrected chi connectivity index (χ3v) is 7.32. The Hall–Kier alpha value is -2.32. The van der Waals surface area contributed by atoms with E-state index in [-0.39, 0.29) is 11.2 Å². The minimum absolute atomic E-state index is 0.242. The van der Waals surface area contributed by atoms with Crippen LogP contribution in [-0.2, 0) is 16.6 Å². The highest BCUT2D eigenvalue weighted by Crippen LogP contribution is 2.42. The molecule has 3 aromatic rings. The molecule has 2 heterocycles. The first-order valence-electron chi connectivity index (χ1n) is 9.68. The van der Waals surface area contributed by atoms with Gasteiger partial charge in [-0.3, -0.25) is 9.12 Å². The fraction of sp³-hybridized carbons (Fsp3) is 0.400. The Kier molecular flexibility index (Phi) is 4.43. The van der Waals surface area contributed by atoms with Crippen LogP contribution in [0.3, 0.4) is 0 Å². The lowest BCUT2D eigenvalue weighted by Gasteiger charge is -2.13. The minimum Gasteiger partial charge on any atom is -0.489 e. The number of nitrogens with zero attached hydrogens (tertiary/aromatic N) is 3. The van der Waals surface area contributed by atoms with E-state index >= 15 is 0 Å². The van der Waals surface area contributed by atoms with Crippen molar-refractivity contribution in [3.8, 4) is 5.75 Å². The van der Waals surface area contributed by atoms with Gasteiger partial charge in [-0.05, 0) is 79.5 Å². The van der Waals surface area contributed by atoms with Crippen molar-refractivity contribution in [3.63, 3.8) is 0 Å². The molecule has 2 aliphatic rings. The number of sulfonamides is 1. The number of ether oxygens (including phenoxy) is 1. The summed E-state index contributed by atoms with van der Waals surface area (Å²) in [6, 6.07) is 7.55. The quantitative estimate of drug-likeness (QED) is 0.608. The second kappa shape index (κ2) is 6.88. The number of halogens is 1. The Bertz CT molecular complexity index is 1180. The summed E-state index contributed by atoms with van der Waals surface area (Å²) in [4.78, 5) is 0. The van der Waals surface area contributed by atoms with Crippen LogP contribution in [0.5, 0.6) is 5.75 Å². The Labute approximate surface area is 174 Å². The maximum atomic E-state index is 12.3. The Morgan fingerprint density at radius 3 is 2.66 bits per heavy atom. The van der Waals surface area contributed by atoms with E-state index in [1.165, 1.54) is 0 Å². The zero-order valence-electron chi connectivity index (χ0n) is 15.9. The largest absolute Gasteiger partial charge is 0.489 e. The van der Waals surface area contributed by atoms with E-state index in [2.05, 4.69) is 14.9 Å². The number of aryl methyl sites for hydroxylation is 1. The van der Waals surface area contributed by atoms with Gasteiger partial charge >= 0.3 is 0 Å². The van der Waals surface area contributed by atoms with E-state index < -0.39 is 10.0 Å².